The highest BCUT2D eigenvalue weighted by Gasteiger charge is 2.62. The van der Waals surface area contributed by atoms with Crippen molar-refractivity contribution in [2.24, 2.45) is 46.3 Å². The molecule has 34 nitrogen and oxygen atoms in total. The lowest BCUT2D eigenvalue weighted by Crippen LogP contribution is -2.69. The molecule has 0 spiro atoms. The molecule has 0 aromatic carbocycles. The number of allylic oxidation sites excluding steroid dienone is 1. The maximum Gasteiger partial charge on any atom is 0.306 e. The number of ether oxygens (including phenoxy) is 13. The zero-order chi connectivity index (χ0) is 77.2. The summed E-state index contributed by atoms with van der Waals surface area (Å²) in [4.78, 5) is 17.6. The van der Waals surface area contributed by atoms with E-state index in [1.807, 2.05) is 19.0 Å². The molecule has 4 aliphatic carbocycles. The highest BCUT2D eigenvalue weighted by molar-refractivity contribution is 5.69. The summed E-state index contributed by atoms with van der Waals surface area (Å²) in [6.45, 7) is 9.73. The molecule has 38 atom stereocenters. The Morgan fingerprint density at radius 2 is 0.869 bits per heavy atom. The van der Waals surface area contributed by atoms with Gasteiger partial charge in [0.15, 0.2) is 37.7 Å². The quantitative estimate of drug-likeness (QED) is 0.0259. The van der Waals surface area contributed by atoms with Gasteiger partial charge < -0.3 is 164 Å². The van der Waals surface area contributed by atoms with Crippen molar-refractivity contribution in [2.45, 2.75) is 308 Å². The van der Waals surface area contributed by atoms with Gasteiger partial charge in [-0.1, -0.05) is 65.5 Å². The van der Waals surface area contributed by atoms with E-state index < -0.39 is 217 Å². The Morgan fingerprint density at radius 3 is 1.27 bits per heavy atom. The highest BCUT2D eigenvalue weighted by Crippen LogP contribution is 2.67. The normalized spacial score (nSPS) is 48.0. The van der Waals surface area contributed by atoms with E-state index in [0.29, 0.717) is 50.4 Å². The van der Waals surface area contributed by atoms with Gasteiger partial charge in [0.25, 0.3) is 0 Å². The standard InChI is InChI=1S/C73H125N3O31/c1-33(2)10-8-11-34(3)38-15-16-39-37-14-13-35-26-36(17-19-72(35,4)40(37)18-20-73(38,39)5)95-47(82)12-9-22-75(6)24-25-76(7)23-21-74-27-41-60-48(83)54(89)66(96-41)103-61-42(28-77)98-68(56(91)50(61)85)105-63-44(30-79)100-70(58(93)52(63)87)107-65-46(32-81)101-71(59(94)53(65)88)106-64-45(31-80)99-69(57(92)51(64)86)104-62-43(29-78)97-67(102-60)55(90)49(62)84/h13,33-34,36-46,48-71,74,77-81,83-94H,8-12,14-32H2,1-7H3/t34-,36?,37+,38-,39+,40+,41?,42?,43?,44?,45?,46?,48?,49?,50?,51?,52?,53?,54?,55?,56?,57?,58?,59?,60?,61?,62?,63?,64?,65?,66?,67?,68?,69?,70?,71?,72+,73-/m1/s1. The van der Waals surface area contributed by atoms with Crippen LogP contribution in [0.15, 0.2) is 11.6 Å². The number of aliphatic hydroxyl groups is 17. The maximum absolute atomic E-state index is 13.4. The van der Waals surface area contributed by atoms with Crippen molar-refractivity contribution in [1.82, 2.24) is 15.1 Å². The Hall–Kier alpha value is -2.07. The van der Waals surface area contributed by atoms with Crippen molar-refractivity contribution in [3.8, 4) is 0 Å². The van der Waals surface area contributed by atoms with Crippen molar-refractivity contribution in [3.05, 3.63) is 11.6 Å². The fourth-order valence-electron chi connectivity index (χ4n) is 19.5. The molecule has 22 aliphatic heterocycles. The molecule has 22 heterocycles. The zero-order valence-corrected chi connectivity index (χ0v) is 62.6. The van der Waals surface area contributed by atoms with Crippen LogP contribution in [0.4, 0.5) is 0 Å². The van der Waals surface area contributed by atoms with Crippen LogP contribution in [0.25, 0.3) is 0 Å². The number of nitrogens with zero attached hydrogens (tertiary/aromatic N) is 2. The van der Waals surface area contributed by atoms with Gasteiger partial charge in [0.2, 0.25) is 0 Å². The van der Waals surface area contributed by atoms with Gasteiger partial charge in [-0.3, -0.25) is 4.79 Å². The Labute approximate surface area is 624 Å². The fourth-order valence-corrected chi connectivity index (χ4v) is 19.5. The number of hydrogen-bond acceptors (Lipinski definition) is 34. The summed E-state index contributed by atoms with van der Waals surface area (Å²) in [5.74, 6) is 4.34. The fraction of sp³-hybridized carbons (Fsp3) is 0.959. The molecule has 0 aromatic heterocycles. The zero-order valence-electron chi connectivity index (χ0n) is 62.6. The Balaban J connectivity index is 0.708. The molecule has 26 aliphatic rings. The average Bonchev–Trinajstić information content (AvgIpc) is 1.67. The molecule has 12 bridgehead atoms. The van der Waals surface area contributed by atoms with E-state index in [9.17, 15) is 91.6 Å². The van der Waals surface area contributed by atoms with E-state index in [4.69, 9.17) is 61.6 Å². The molecule has 107 heavy (non-hydrogen) atoms. The molecule has 0 amide bonds. The van der Waals surface area contributed by atoms with Crippen molar-refractivity contribution in [1.29, 1.82) is 0 Å². The molecular formula is C73H125N3O31. The van der Waals surface area contributed by atoms with Gasteiger partial charge in [-0.15, -0.1) is 0 Å². The second kappa shape index (κ2) is 37.2. The second-order valence-corrected chi connectivity index (χ2v) is 33.2. The van der Waals surface area contributed by atoms with Crippen LogP contribution < -0.4 is 5.32 Å². The maximum atomic E-state index is 13.4. The summed E-state index contributed by atoms with van der Waals surface area (Å²) in [5.41, 5.74) is 2.07. The number of carbonyl (C=O) groups excluding carboxylic acids is 1. The van der Waals surface area contributed by atoms with E-state index in [-0.39, 0.29) is 30.6 Å². The number of esters is 1. The summed E-state index contributed by atoms with van der Waals surface area (Å²) in [7, 11) is 3.88. The third-order valence-electron chi connectivity index (χ3n) is 25.8. The van der Waals surface area contributed by atoms with Crippen LogP contribution in [0.3, 0.4) is 0 Å². The summed E-state index contributed by atoms with van der Waals surface area (Å²) < 4.78 is 77.1. The highest BCUT2D eigenvalue weighted by atomic mass is 16.8. The van der Waals surface area contributed by atoms with E-state index in [1.54, 1.807) is 0 Å². The summed E-state index contributed by atoms with van der Waals surface area (Å²) in [6, 6.07) is 0. The number of carbonyl (C=O) groups is 1. The number of likely N-dealkylation sites (N-methyl/N-ethyl adjacent to an activating group) is 2. The largest absolute Gasteiger partial charge is 0.462 e. The molecule has 26 rings (SSSR count). The molecule has 18 N–H and O–H groups in total. The van der Waals surface area contributed by atoms with Gasteiger partial charge in [-0.25, -0.2) is 0 Å². The minimum atomic E-state index is -2.16. The first-order valence-electron chi connectivity index (χ1n) is 39.0. The first-order valence-corrected chi connectivity index (χ1v) is 39.0. The summed E-state index contributed by atoms with van der Waals surface area (Å²) in [6.07, 6.45) is -41.6. The lowest BCUT2D eigenvalue weighted by atomic mass is 9.47. The predicted octanol–water partition coefficient (Wildman–Crippen LogP) is -4.86. The first-order chi connectivity index (χ1) is 51.0. The van der Waals surface area contributed by atoms with Crippen molar-refractivity contribution < 1.29 is 153 Å². The van der Waals surface area contributed by atoms with Crippen LogP contribution in [0.5, 0.6) is 0 Å². The van der Waals surface area contributed by atoms with Gasteiger partial charge >= 0.3 is 5.97 Å². The predicted molar refractivity (Wildman–Crippen MR) is 369 cm³/mol. The van der Waals surface area contributed by atoms with E-state index in [2.05, 4.69) is 50.9 Å². The number of rotatable bonds is 23. The van der Waals surface area contributed by atoms with Crippen LogP contribution in [0, 0.1) is 46.3 Å². The van der Waals surface area contributed by atoms with E-state index >= 15 is 0 Å². The topological polar surface area (TPSA) is 499 Å². The lowest BCUT2D eigenvalue weighted by Gasteiger charge is -2.58. The van der Waals surface area contributed by atoms with Crippen molar-refractivity contribution in [3.63, 3.8) is 0 Å². The Bertz CT molecular complexity index is 2800. The van der Waals surface area contributed by atoms with Crippen molar-refractivity contribution >= 4 is 5.97 Å². The van der Waals surface area contributed by atoms with E-state index in [0.717, 1.165) is 55.3 Å². The monoisotopic (exact) mass is 1540 g/mol. The molecular weight excluding hydrogens is 1410 g/mol. The molecule has 34 heteroatoms. The molecule has 22 saturated heterocycles. The Morgan fingerprint density at radius 1 is 0.477 bits per heavy atom. The lowest BCUT2D eigenvalue weighted by molar-refractivity contribution is -0.403. The van der Waals surface area contributed by atoms with Crippen LogP contribution in [-0.4, -0.2) is 379 Å². The van der Waals surface area contributed by atoms with Gasteiger partial charge in [0.1, 0.15) is 153 Å². The molecule has 25 fully saturated rings. The van der Waals surface area contributed by atoms with Crippen LogP contribution in [0.2, 0.25) is 0 Å². The second-order valence-electron chi connectivity index (χ2n) is 33.2. The minimum absolute atomic E-state index is 0.119. The first kappa shape index (κ1) is 85.8. The van der Waals surface area contributed by atoms with E-state index in [1.165, 1.54) is 50.5 Å². The number of nitrogens with one attached hydrogen (secondary N) is 1. The number of hydrogen-bond donors (Lipinski definition) is 18. The van der Waals surface area contributed by atoms with Crippen molar-refractivity contribution in [2.75, 3.05) is 86.4 Å². The SMILES string of the molecule is CC(C)CCC[C@@H](C)[C@H]1CC[C@H]2[C@@H]3CC=C4CC(OC(=O)CCCN(C)CCN(C)CCNCC5OC6OC7C(CO)OC(OC8C(CO)OC(OC9C(CO)OC(OC%10C(CO)OC(OC%11C(CO)OC(OC5C(O)C6O)C(O)C%11O)C(O)C%10O)C(O)C9O)C(O)C8O)C(O)C7O)CC[C@]4(C)[C@H]3CC[C@]12C. The molecule has 3 saturated carbocycles. The smallest absolute Gasteiger partial charge is 0.306 e. The van der Waals surface area contributed by atoms with Crippen LogP contribution in [-0.2, 0) is 66.4 Å². The molecule has 618 valence electrons. The average molecular weight is 1540 g/mol. The molecule has 31 unspecified atom stereocenters. The summed E-state index contributed by atoms with van der Waals surface area (Å²) in [5, 5.41) is 195. The Kier molecular flexibility index (Phi) is 29.9. The third-order valence-corrected chi connectivity index (χ3v) is 25.8. The number of aliphatic hydroxyl groups excluding tert-OH is 17. The van der Waals surface area contributed by atoms with Crippen LogP contribution in [0.1, 0.15) is 118 Å². The van der Waals surface area contributed by atoms with Crippen LogP contribution >= 0.6 is 0 Å². The summed E-state index contributed by atoms with van der Waals surface area (Å²) >= 11 is 0. The van der Waals surface area contributed by atoms with Gasteiger partial charge in [-0.05, 0) is 118 Å². The number of fused-ring (bicyclic) bond motifs is 5. The third kappa shape index (κ3) is 18.4. The van der Waals surface area contributed by atoms with Gasteiger partial charge in [-0.2, -0.15) is 0 Å². The van der Waals surface area contributed by atoms with Gasteiger partial charge in [0, 0.05) is 45.6 Å². The minimum Gasteiger partial charge on any atom is -0.462 e. The van der Waals surface area contributed by atoms with Gasteiger partial charge in [0.05, 0.1) is 33.0 Å². The molecule has 0 radical (unpaired) electrons. The molecule has 0 aromatic rings.